The van der Waals surface area contributed by atoms with E-state index >= 15 is 0 Å². The number of benzene rings is 1. The Balaban J connectivity index is 1.36. The standard InChI is InChI=1S/C39H52N8O8/c1-22(2)32-36(52)41-23(3)33(49)43-29(18-24-12-7-6-8-13-24)39(54)46(4)21-31(48)40-17-11-16-28(35(51)45-32)42-34(50)27-19-26-30(44-37(27)55-5)20-47(38(26)53)25-14-9-10-15-25/h6-8,12-13,19,22-23,25,28-29,32H,9-11,14-18,20-21H2,1-5H3,(H,40,48)(H,41,52)(H,42,50)(H,43,49)(H,45,51)/t23-,28+,29+,32-/m1/s1. The second kappa shape index (κ2) is 18.2. The van der Waals surface area contributed by atoms with Crippen LogP contribution in [0.15, 0.2) is 36.4 Å². The summed E-state index contributed by atoms with van der Waals surface area (Å²) in [5.74, 6) is -4.25. The Bertz CT molecular complexity index is 1780. The van der Waals surface area contributed by atoms with Gasteiger partial charge in [-0.25, -0.2) is 4.98 Å². The van der Waals surface area contributed by atoms with Crippen LogP contribution < -0.4 is 31.3 Å². The Morgan fingerprint density at radius 2 is 1.64 bits per heavy atom. The lowest BCUT2D eigenvalue weighted by molar-refractivity contribution is -0.139. The maximum atomic E-state index is 13.9. The Morgan fingerprint density at radius 1 is 0.927 bits per heavy atom. The van der Waals surface area contributed by atoms with Gasteiger partial charge in [0.25, 0.3) is 11.8 Å². The molecule has 2 aliphatic heterocycles. The minimum Gasteiger partial charge on any atom is -0.480 e. The monoisotopic (exact) mass is 760 g/mol. The SMILES string of the molecule is COc1nc2c(cc1C(=O)N[C@H]1CCCNC(=O)CN(C)C(=O)[C@H](Cc3ccccc3)NC(=O)[C@@H](C)NC(=O)[C@@H](C(C)C)NC1=O)C(=O)N(C1CCCC1)C2. The number of likely N-dealkylation sites (N-methyl/N-ethyl adjacent to an activating group) is 1. The second-order valence-electron chi connectivity index (χ2n) is 14.8. The molecule has 4 atom stereocenters. The highest BCUT2D eigenvalue weighted by Gasteiger charge is 2.38. The van der Waals surface area contributed by atoms with Crippen LogP contribution in [0.5, 0.6) is 5.88 Å². The lowest BCUT2D eigenvalue weighted by Crippen LogP contribution is -2.59. The summed E-state index contributed by atoms with van der Waals surface area (Å²) in [5, 5.41) is 13.6. The van der Waals surface area contributed by atoms with Crippen molar-refractivity contribution in [2.24, 2.45) is 5.92 Å². The summed E-state index contributed by atoms with van der Waals surface area (Å²) in [6.45, 7) is 5.04. The summed E-state index contributed by atoms with van der Waals surface area (Å²) in [5.41, 5.74) is 1.58. The van der Waals surface area contributed by atoms with E-state index in [-0.39, 0.29) is 55.7 Å². The molecule has 5 N–H and O–H groups in total. The number of hydrogen-bond acceptors (Lipinski definition) is 9. The maximum absolute atomic E-state index is 13.9. The van der Waals surface area contributed by atoms with Crippen LogP contribution in [0.25, 0.3) is 0 Å². The molecule has 1 aromatic heterocycles. The van der Waals surface area contributed by atoms with Gasteiger partial charge in [0.1, 0.15) is 29.7 Å². The van der Waals surface area contributed by atoms with Gasteiger partial charge in [-0.1, -0.05) is 57.0 Å². The van der Waals surface area contributed by atoms with Crippen molar-refractivity contribution in [3.8, 4) is 5.88 Å². The van der Waals surface area contributed by atoms with E-state index in [4.69, 9.17) is 4.74 Å². The molecule has 16 heteroatoms. The number of pyridine rings is 1. The van der Waals surface area contributed by atoms with E-state index in [1.807, 2.05) is 30.3 Å². The molecule has 1 aromatic carbocycles. The van der Waals surface area contributed by atoms with Gasteiger partial charge < -0.3 is 41.1 Å². The number of amides is 7. The molecule has 0 radical (unpaired) electrons. The summed E-state index contributed by atoms with van der Waals surface area (Å²) < 4.78 is 5.46. The van der Waals surface area contributed by atoms with Gasteiger partial charge in [0.15, 0.2) is 0 Å². The largest absolute Gasteiger partial charge is 0.480 e. The quantitative estimate of drug-likeness (QED) is 0.271. The van der Waals surface area contributed by atoms with Gasteiger partial charge in [-0.15, -0.1) is 0 Å². The fraction of sp³-hybridized carbons (Fsp3) is 0.538. The number of rotatable bonds is 7. The predicted octanol–water partition coefficient (Wildman–Crippen LogP) is 0.828. The molecular formula is C39H52N8O8. The van der Waals surface area contributed by atoms with Gasteiger partial charge in [0, 0.05) is 26.1 Å². The molecule has 1 saturated carbocycles. The second-order valence-corrected chi connectivity index (χ2v) is 14.8. The van der Waals surface area contributed by atoms with Crippen LogP contribution in [0, 0.1) is 5.92 Å². The zero-order valence-corrected chi connectivity index (χ0v) is 32.1. The maximum Gasteiger partial charge on any atom is 0.257 e. The highest BCUT2D eigenvalue weighted by Crippen LogP contribution is 2.33. The Kier molecular flexibility index (Phi) is 13.4. The van der Waals surface area contributed by atoms with Crippen molar-refractivity contribution in [2.75, 3.05) is 27.2 Å². The molecule has 16 nitrogen and oxygen atoms in total. The van der Waals surface area contributed by atoms with E-state index in [9.17, 15) is 33.6 Å². The summed E-state index contributed by atoms with van der Waals surface area (Å²) >= 11 is 0. The average molecular weight is 761 g/mol. The number of aromatic nitrogens is 1. The number of nitrogens with zero attached hydrogens (tertiary/aromatic N) is 3. The van der Waals surface area contributed by atoms with Crippen molar-refractivity contribution in [1.82, 2.24) is 41.4 Å². The Hall–Kier alpha value is -5.54. The lowest BCUT2D eigenvalue weighted by atomic mass is 10.0. The average Bonchev–Trinajstić information content (AvgIpc) is 3.81. The van der Waals surface area contributed by atoms with E-state index in [0.717, 1.165) is 31.2 Å². The highest BCUT2D eigenvalue weighted by molar-refractivity contribution is 6.04. The fourth-order valence-electron chi connectivity index (χ4n) is 7.21. The van der Waals surface area contributed by atoms with Gasteiger partial charge in [-0.3, -0.25) is 33.6 Å². The molecule has 1 saturated heterocycles. The van der Waals surface area contributed by atoms with Gasteiger partial charge in [-0.05, 0) is 50.2 Å². The Labute approximate surface area is 320 Å². The third kappa shape index (κ3) is 9.96. The van der Waals surface area contributed by atoms with E-state index in [2.05, 4.69) is 31.6 Å². The van der Waals surface area contributed by atoms with Crippen molar-refractivity contribution in [3.63, 3.8) is 0 Å². The molecule has 0 spiro atoms. The number of carbonyl (C=O) groups excluding carboxylic acids is 7. The van der Waals surface area contributed by atoms with Crippen LogP contribution in [0.1, 0.15) is 91.3 Å². The molecule has 0 unspecified atom stereocenters. The zero-order chi connectivity index (χ0) is 39.8. The van der Waals surface area contributed by atoms with Gasteiger partial charge in [-0.2, -0.15) is 0 Å². The normalized spacial score (nSPS) is 23.7. The molecule has 0 bridgehead atoms. The fourth-order valence-corrected chi connectivity index (χ4v) is 7.21. The van der Waals surface area contributed by atoms with Crippen LogP contribution in [0.2, 0.25) is 0 Å². The van der Waals surface area contributed by atoms with Crippen LogP contribution in [-0.2, 0) is 36.9 Å². The first-order valence-electron chi connectivity index (χ1n) is 18.9. The Morgan fingerprint density at radius 3 is 2.31 bits per heavy atom. The minimum atomic E-state index is -1.19. The zero-order valence-electron chi connectivity index (χ0n) is 32.1. The first kappa shape index (κ1) is 40.6. The lowest BCUT2D eigenvalue weighted by Gasteiger charge is -2.28. The molecule has 2 fully saturated rings. The van der Waals surface area contributed by atoms with Crippen molar-refractivity contribution in [2.45, 2.75) is 102 Å². The van der Waals surface area contributed by atoms with Gasteiger partial charge >= 0.3 is 0 Å². The summed E-state index contributed by atoms with van der Waals surface area (Å²) in [7, 11) is 2.82. The molecule has 1 aliphatic carbocycles. The van der Waals surface area contributed by atoms with E-state index in [1.54, 1.807) is 18.7 Å². The molecule has 5 rings (SSSR count). The number of ether oxygens (including phenoxy) is 1. The first-order valence-corrected chi connectivity index (χ1v) is 18.9. The summed E-state index contributed by atoms with van der Waals surface area (Å²) in [6, 6.07) is 6.22. The van der Waals surface area contributed by atoms with Crippen molar-refractivity contribution < 1.29 is 38.3 Å². The molecule has 3 aliphatic rings. The molecule has 3 heterocycles. The van der Waals surface area contributed by atoms with E-state index in [1.165, 1.54) is 32.0 Å². The number of carbonyl (C=O) groups is 7. The highest BCUT2D eigenvalue weighted by atomic mass is 16.5. The van der Waals surface area contributed by atoms with Crippen molar-refractivity contribution in [1.29, 1.82) is 0 Å². The molecule has 2 aromatic rings. The third-order valence-electron chi connectivity index (χ3n) is 10.3. The minimum absolute atomic E-state index is 0.00144. The number of nitrogens with one attached hydrogen (secondary N) is 5. The predicted molar refractivity (Wildman–Crippen MR) is 201 cm³/mol. The summed E-state index contributed by atoms with van der Waals surface area (Å²) in [6.07, 6.45) is 4.34. The smallest absolute Gasteiger partial charge is 0.257 e. The first-order chi connectivity index (χ1) is 26.3. The molecule has 55 heavy (non-hydrogen) atoms. The molecular weight excluding hydrogens is 708 g/mol. The van der Waals surface area contributed by atoms with Gasteiger partial charge in [0.2, 0.25) is 35.4 Å². The van der Waals surface area contributed by atoms with E-state index in [0.29, 0.717) is 17.8 Å². The topological polar surface area (TPSA) is 208 Å². The van der Waals surface area contributed by atoms with Crippen LogP contribution >= 0.6 is 0 Å². The molecule has 7 amide bonds. The van der Waals surface area contributed by atoms with Crippen molar-refractivity contribution in [3.05, 3.63) is 58.8 Å². The van der Waals surface area contributed by atoms with Crippen LogP contribution in [0.4, 0.5) is 0 Å². The van der Waals surface area contributed by atoms with E-state index < -0.39 is 65.5 Å². The van der Waals surface area contributed by atoms with Crippen LogP contribution in [0.3, 0.4) is 0 Å². The number of hydrogen-bond donors (Lipinski definition) is 5. The molecule has 296 valence electrons. The van der Waals surface area contributed by atoms with Gasteiger partial charge in [0.05, 0.1) is 31.5 Å². The number of methoxy groups -OCH3 is 1. The van der Waals surface area contributed by atoms with Crippen LogP contribution in [-0.4, -0.2) is 114 Å². The number of fused-ring (bicyclic) bond motifs is 1. The summed E-state index contributed by atoms with van der Waals surface area (Å²) in [4.78, 5) is 102. The third-order valence-corrected chi connectivity index (χ3v) is 10.3. The van der Waals surface area contributed by atoms with Crippen molar-refractivity contribution >= 4 is 41.4 Å².